The Kier molecular flexibility index (Phi) is 7.63. The molecule has 0 amide bonds. The number of aromatic nitrogens is 6. The van der Waals surface area contributed by atoms with Gasteiger partial charge in [-0.1, -0.05) is 38.5 Å². The summed E-state index contributed by atoms with van der Waals surface area (Å²) in [4.78, 5) is 51.6. The lowest BCUT2D eigenvalue weighted by Gasteiger charge is -2.36. The second-order valence-electron chi connectivity index (χ2n) is 15.7. The van der Waals surface area contributed by atoms with Crippen molar-refractivity contribution < 1.29 is 8.85 Å². The molecule has 282 valence electrons. The summed E-state index contributed by atoms with van der Waals surface area (Å²) in [5.74, 6) is 3.67. The van der Waals surface area contributed by atoms with Crippen LogP contribution in [0.25, 0.3) is 21.8 Å². The Bertz CT molecular complexity index is 2730. The molecule has 4 aliphatic heterocycles. The van der Waals surface area contributed by atoms with Gasteiger partial charge in [0.15, 0.2) is 34.6 Å². The van der Waals surface area contributed by atoms with Gasteiger partial charge in [-0.3, -0.25) is 28.4 Å². The Balaban J connectivity index is 1.29. The van der Waals surface area contributed by atoms with Crippen LogP contribution in [0.3, 0.4) is 0 Å². The Hall–Kier alpha value is -5.90. The summed E-state index contributed by atoms with van der Waals surface area (Å²) >= 11 is 0. The molecule has 0 unspecified atom stereocenters. The molecule has 0 saturated heterocycles. The van der Waals surface area contributed by atoms with E-state index in [0.717, 1.165) is 47.6 Å². The number of aliphatic imine (C=N–C) groups is 4. The molecule has 14 nitrogen and oxygen atoms in total. The first-order chi connectivity index (χ1) is 28.2. The predicted molar refractivity (Wildman–Crippen MR) is 217 cm³/mol. The third-order valence-corrected chi connectivity index (χ3v) is 15.3. The van der Waals surface area contributed by atoms with E-state index in [1.54, 1.807) is 24.8 Å². The van der Waals surface area contributed by atoms with E-state index in [1.165, 1.54) is 38.5 Å². The van der Waals surface area contributed by atoms with Gasteiger partial charge in [0.1, 0.15) is 33.7 Å². The van der Waals surface area contributed by atoms with Crippen LogP contribution in [0.2, 0.25) is 0 Å². The van der Waals surface area contributed by atoms with Crippen LogP contribution >= 0.6 is 0 Å². The quantitative estimate of drug-likeness (QED) is 0.185. The molecule has 0 radical (unpaired) electrons. The summed E-state index contributed by atoms with van der Waals surface area (Å²) in [7, 11) is -4.18. The molecular formula is C42H38N12O2Si. The van der Waals surface area contributed by atoms with Gasteiger partial charge in [-0.05, 0) is 86.1 Å². The predicted octanol–water partition coefficient (Wildman–Crippen LogP) is 6.15. The molecule has 2 aliphatic carbocycles. The second kappa shape index (κ2) is 13.1. The van der Waals surface area contributed by atoms with E-state index in [9.17, 15) is 0 Å². The molecule has 0 spiro atoms. The van der Waals surface area contributed by atoms with E-state index in [2.05, 4.69) is 8.47 Å². The topological polar surface area (TPSA) is 154 Å². The van der Waals surface area contributed by atoms with Crippen molar-refractivity contribution in [1.29, 1.82) is 0 Å². The number of rotatable bonds is 6. The molecule has 57 heavy (non-hydrogen) atoms. The average Bonchev–Trinajstić information content (AvgIpc) is 3.98. The van der Waals surface area contributed by atoms with E-state index < -0.39 is 8.88 Å². The minimum Gasteiger partial charge on any atom is -0.361 e. The fourth-order valence-electron chi connectivity index (χ4n) is 9.39. The van der Waals surface area contributed by atoms with Gasteiger partial charge in [0.05, 0.1) is 0 Å². The molecule has 12 rings (SSSR count). The van der Waals surface area contributed by atoms with Gasteiger partial charge < -0.3 is 8.85 Å². The number of fused-ring (bicyclic) bond motifs is 14. The maximum Gasteiger partial charge on any atom is 0.603 e. The molecule has 0 N–H and O–H groups in total. The van der Waals surface area contributed by atoms with E-state index >= 15 is 0 Å². The number of pyridine rings is 4. The van der Waals surface area contributed by atoms with Crippen LogP contribution in [0.4, 0.5) is 11.6 Å². The van der Waals surface area contributed by atoms with Crippen molar-refractivity contribution >= 4 is 65.7 Å². The highest BCUT2D eigenvalue weighted by atomic mass is 28.4. The van der Waals surface area contributed by atoms with Crippen molar-refractivity contribution in [3.05, 3.63) is 107 Å². The van der Waals surface area contributed by atoms with Crippen LogP contribution in [0, 0.1) is 11.8 Å². The van der Waals surface area contributed by atoms with Crippen molar-refractivity contribution in [2.24, 2.45) is 41.8 Å². The number of hydrogen-bond acceptors (Lipinski definition) is 12. The molecule has 10 heterocycles. The van der Waals surface area contributed by atoms with Gasteiger partial charge in [0, 0.05) is 59.9 Å². The van der Waals surface area contributed by atoms with E-state index in [-0.39, 0.29) is 0 Å². The van der Waals surface area contributed by atoms with E-state index in [0.29, 0.717) is 93.4 Å². The molecule has 6 bridgehead atoms. The first-order valence-corrected chi connectivity index (χ1v) is 21.9. The lowest BCUT2D eigenvalue weighted by Crippen LogP contribution is -2.64. The lowest BCUT2D eigenvalue weighted by atomic mass is 9.90. The number of nitrogens with zero attached hydrogens (tertiary/aromatic N) is 12. The van der Waals surface area contributed by atoms with Crippen molar-refractivity contribution in [3.8, 4) is 0 Å². The van der Waals surface area contributed by atoms with Gasteiger partial charge in [-0.25, -0.2) is 30.0 Å². The Morgan fingerprint density at radius 3 is 1.70 bits per heavy atom. The zero-order valence-electron chi connectivity index (χ0n) is 31.3. The second-order valence-corrected chi connectivity index (χ2v) is 18.3. The summed E-state index contributed by atoms with van der Waals surface area (Å²) in [5, 5.41) is 1.57. The minimum absolute atomic E-state index is 0.351. The SMILES string of the molecule is c1cnc2c(c1)C1=Nc3c4ncccc4c4n3[Si](OCC3CCCCC3)(OCC3CCCCC3)n3c(c5cccnc5c3=NC3=NC(=N4)c4ncccc43)=NC2=N1. The smallest absolute Gasteiger partial charge is 0.361 e. The maximum absolute atomic E-state index is 7.75. The fraction of sp³-hybridized carbons (Fsp3) is 0.333. The molecule has 2 saturated carbocycles. The normalized spacial score (nSPS) is 19.5. The Morgan fingerprint density at radius 2 is 1.02 bits per heavy atom. The molecule has 0 aromatic carbocycles. The molecule has 6 aromatic rings. The van der Waals surface area contributed by atoms with Crippen LogP contribution in [0.5, 0.6) is 0 Å². The molecule has 0 atom stereocenters. The fourth-order valence-corrected chi connectivity index (χ4v) is 12.8. The number of amidine groups is 4. The minimum atomic E-state index is -4.18. The van der Waals surface area contributed by atoms with Crippen molar-refractivity contribution in [3.63, 3.8) is 0 Å². The summed E-state index contributed by atoms with van der Waals surface area (Å²) in [6.07, 6.45) is 18.7. The van der Waals surface area contributed by atoms with Crippen molar-refractivity contribution in [1.82, 2.24) is 28.4 Å². The van der Waals surface area contributed by atoms with Crippen LogP contribution in [0.15, 0.2) is 103 Å². The van der Waals surface area contributed by atoms with Gasteiger partial charge in [0.25, 0.3) is 0 Å². The summed E-state index contributed by atoms with van der Waals surface area (Å²) in [5.41, 5.74) is 5.24. The van der Waals surface area contributed by atoms with E-state index in [1.807, 2.05) is 48.5 Å². The maximum atomic E-state index is 7.75. The first kappa shape index (κ1) is 33.3. The molecular weight excluding hydrogens is 733 g/mol. The monoisotopic (exact) mass is 770 g/mol. The molecule has 15 heteroatoms. The summed E-state index contributed by atoms with van der Waals surface area (Å²) < 4.78 is 19.7. The summed E-state index contributed by atoms with van der Waals surface area (Å²) in [6, 6.07) is 15.7. The Labute approximate surface area is 328 Å². The van der Waals surface area contributed by atoms with Gasteiger partial charge in [0.2, 0.25) is 0 Å². The third-order valence-electron chi connectivity index (χ3n) is 12.2. The highest BCUT2D eigenvalue weighted by Crippen LogP contribution is 2.43. The Morgan fingerprint density at radius 1 is 0.491 bits per heavy atom. The first-order valence-electron chi connectivity index (χ1n) is 20.2. The van der Waals surface area contributed by atoms with E-state index in [4.69, 9.17) is 58.7 Å². The zero-order chi connectivity index (χ0) is 37.5. The standard InChI is InChI=1S/C42H38N12O2Si/c1-3-11-25(12-4-1)23-55-57(56-24-26-13-5-2-6-14-26)53-40-29-17-9-21-45-33(29)41(53)49-35-27-15-7-19-43-31(27)37(47-35)51-39-30-18-10-22-46-34(30)42(54(39)57)50-36-28-16-8-20-44-32(28)38(48-36)52-40/h7-10,15-22,25-26H,1-6,11-14,23-24H2. The number of hydrogen-bond donors (Lipinski definition) is 0. The zero-order valence-corrected chi connectivity index (χ0v) is 32.3. The molecule has 6 aromatic heterocycles. The van der Waals surface area contributed by atoms with Crippen molar-refractivity contribution in [2.75, 3.05) is 13.2 Å². The van der Waals surface area contributed by atoms with Gasteiger partial charge in [-0.2, -0.15) is 0 Å². The van der Waals surface area contributed by atoms with Crippen LogP contribution < -0.4 is 11.0 Å². The van der Waals surface area contributed by atoms with Crippen LogP contribution in [-0.4, -0.2) is 73.8 Å². The molecule has 2 fully saturated rings. The van der Waals surface area contributed by atoms with Gasteiger partial charge in [-0.15, -0.1) is 0 Å². The highest BCUT2D eigenvalue weighted by molar-refractivity contribution is 6.66. The molecule has 6 aliphatic rings. The summed E-state index contributed by atoms with van der Waals surface area (Å²) in [6.45, 7) is 0.967. The largest absolute Gasteiger partial charge is 0.603 e. The van der Waals surface area contributed by atoms with Crippen LogP contribution in [-0.2, 0) is 8.85 Å². The van der Waals surface area contributed by atoms with Crippen LogP contribution in [0.1, 0.15) is 86.7 Å². The van der Waals surface area contributed by atoms with Gasteiger partial charge >= 0.3 is 8.88 Å². The average molecular weight is 771 g/mol. The lowest BCUT2D eigenvalue weighted by molar-refractivity contribution is 0.0935. The third kappa shape index (κ3) is 5.14. The highest BCUT2D eigenvalue weighted by Gasteiger charge is 2.54. The van der Waals surface area contributed by atoms with Crippen molar-refractivity contribution in [2.45, 2.75) is 64.2 Å².